The number of hydrogen-bond acceptors (Lipinski definition) is 4. The van der Waals surface area contributed by atoms with Gasteiger partial charge < -0.3 is 10.6 Å². The number of carbonyl (C=O) groups excluding carboxylic acids is 1. The molecule has 0 amide bonds. The standard InChI is InChI=1S/C9H12N2O2/c10-8(9(12)13-11)6-7-4-2-1-3-5-7/h1-5,8H,6,10-11H2/p+1/t8-/m0/s1. The maximum atomic E-state index is 10.8. The molecule has 1 atom stereocenters. The van der Waals surface area contributed by atoms with Gasteiger partial charge >= 0.3 is 7.40 Å². The first kappa shape index (κ1) is 9.70. The summed E-state index contributed by atoms with van der Waals surface area (Å²) in [7, 11) is 0. The number of carbonyl (C=O) groups is 1. The summed E-state index contributed by atoms with van der Waals surface area (Å²) >= 11 is 0. The SMILES string of the molecule is NOC(=O)[C@@H](N)Cc1ccccc1.[H+]. The van der Waals surface area contributed by atoms with E-state index < -0.39 is 12.0 Å². The Morgan fingerprint density at radius 1 is 1.46 bits per heavy atom. The lowest BCUT2D eigenvalue weighted by Gasteiger charge is -2.07. The van der Waals surface area contributed by atoms with Gasteiger partial charge in [-0.15, -0.1) is 0 Å². The number of nitrogens with two attached hydrogens (primary N) is 2. The zero-order valence-corrected chi connectivity index (χ0v) is 7.14. The van der Waals surface area contributed by atoms with Gasteiger partial charge in [-0.3, -0.25) is 0 Å². The van der Waals surface area contributed by atoms with Gasteiger partial charge in [0.05, 0.1) is 0 Å². The highest BCUT2D eigenvalue weighted by Crippen LogP contribution is 2.01. The van der Waals surface area contributed by atoms with Crippen LogP contribution in [0.2, 0.25) is 0 Å². The van der Waals surface area contributed by atoms with Gasteiger partial charge in [-0.2, -0.15) is 5.90 Å². The summed E-state index contributed by atoms with van der Waals surface area (Å²) in [5, 5.41) is 0. The van der Waals surface area contributed by atoms with Crippen LogP contribution in [0, 0.1) is 0 Å². The average Bonchev–Trinajstić information content (AvgIpc) is 2.18. The van der Waals surface area contributed by atoms with E-state index >= 15 is 0 Å². The topological polar surface area (TPSA) is 78.3 Å². The lowest BCUT2D eigenvalue weighted by molar-refractivity contribution is -0.145. The van der Waals surface area contributed by atoms with E-state index in [2.05, 4.69) is 4.84 Å². The molecular formula is C9H13N2O2+. The molecule has 0 bridgehead atoms. The second-order valence-electron chi connectivity index (χ2n) is 2.73. The zero-order valence-electron chi connectivity index (χ0n) is 8.14. The van der Waals surface area contributed by atoms with Crippen molar-refractivity contribution in [3.63, 3.8) is 0 Å². The molecule has 1 aromatic carbocycles. The van der Waals surface area contributed by atoms with E-state index in [1.807, 2.05) is 30.3 Å². The lowest BCUT2D eigenvalue weighted by Crippen LogP contribution is -2.35. The molecule has 70 valence electrons. The smallest absolute Gasteiger partial charge is 0.372 e. The Hall–Kier alpha value is -1.39. The predicted octanol–water partition coefficient (Wildman–Crippen LogP) is 0.0858. The normalized spacial score (nSPS) is 12.2. The minimum absolute atomic E-state index is 0. The maximum absolute atomic E-state index is 10.8. The maximum Gasteiger partial charge on any atom is 1.00 e. The molecule has 4 N–H and O–H groups in total. The molecule has 0 aliphatic carbocycles. The first-order valence-corrected chi connectivity index (χ1v) is 3.94. The first-order chi connectivity index (χ1) is 6.24. The van der Waals surface area contributed by atoms with E-state index in [1.165, 1.54) is 0 Å². The van der Waals surface area contributed by atoms with E-state index in [0.717, 1.165) is 5.56 Å². The predicted molar refractivity (Wildman–Crippen MR) is 49.5 cm³/mol. The van der Waals surface area contributed by atoms with Crippen molar-refractivity contribution in [1.29, 1.82) is 0 Å². The van der Waals surface area contributed by atoms with Gasteiger partial charge in [-0.25, -0.2) is 4.79 Å². The summed E-state index contributed by atoms with van der Waals surface area (Å²) in [4.78, 5) is 14.9. The second-order valence-corrected chi connectivity index (χ2v) is 2.73. The van der Waals surface area contributed by atoms with E-state index in [1.54, 1.807) is 0 Å². The highest BCUT2D eigenvalue weighted by molar-refractivity contribution is 5.75. The third kappa shape index (κ3) is 2.85. The van der Waals surface area contributed by atoms with Crippen molar-refractivity contribution in [2.24, 2.45) is 11.6 Å². The van der Waals surface area contributed by atoms with Crippen molar-refractivity contribution < 1.29 is 11.1 Å². The summed E-state index contributed by atoms with van der Waals surface area (Å²) < 4.78 is 0. The van der Waals surface area contributed by atoms with Gasteiger partial charge in [0, 0.05) is 0 Å². The minimum Gasteiger partial charge on any atom is -0.372 e. The molecule has 0 saturated heterocycles. The van der Waals surface area contributed by atoms with Crippen LogP contribution in [0.4, 0.5) is 0 Å². The molecule has 0 unspecified atom stereocenters. The zero-order chi connectivity index (χ0) is 9.68. The number of rotatable bonds is 3. The van der Waals surface area contributed by atoms with Gasteiger partial charge in [0.1, 0.15) is 6.04 Å². The molecule has 0 aliphatic heterocycles. The van der Waals surface area contributed by atoms with Crippen LogP contribution < -0.4 is 11.6 Å². The molecule has 0 aromatic heterocycles. The van der Waals surface area contributed by atoms with Gasteiger partial charge in [-0.05, 0) is 12.0 Å². The van der Waals surface area contributed by atoms with Crippen LogP contribution in [0.5, 0.6) is 0 Å². The molecule has 0 heterocycles. The summed E-state index contributed by atoms with van der Waals surface area (Å²) in [6.45, 7) is 0. The Labute approximate surface area is 77.9 Å². The fourth-order valence-corrected chi connectivity index (χ4v) is 1.04. The largest absolute Gasteiger partial charge is 1.00 e. The molecule has 0 radical (unpaired) electrons. The van der Waals surface area contributed by atoms with Crippen molar-refractivity contribution in [3.8, 4) is 0 Å². The molecule has 1 aromatic rings. The molecule has 0 spiro atoms. The van der Waals surface area contributed by atoms with Gasteiger partial charge in [0.25, 0.3) is 0 Å². The molecule has 4 nitrogen and oxygen atoms in total. The van der Waals surface area contributed by atoms with Crippen LogP contribution in [0.25, 0.3) is 0 Å². The summed E-state index contributed by atoms with van der Waals surface area (Å²) in [6, 6.07) is 8.77. The average molecular weight is 181 g/mol. The van der Waals surface area contributed by atoms with E-state index in [9.17, 15) is 4.79 Å². The van der Waals surface area contributed by atoms with Gasteiger partial charge in [0.2, 0.25) is 0 Å². The van der Waals surface area contributed by atoms with E-state index in [4.69, 9.17) is 11.6 Å². The van der Waals surface area contributed by atoms with Crippen molar-refractivity contribution in [2.45, 2.75) is 12.5 Å². The number of hydrogen-bond donors (Lipinski definition) is 2. The first-order valence-electron chi connectivity index (χ1n) is 3.94. The Morgan fingerprint density at radius 2 is 2.08 bits per heavy atom. The van der Waals surface area contributed by atoms with Crippen LogP contribution in [-0.4, -0.2) is 12.0 Å². The Balaban J connectivity index is 0.00000169. The molecule has 0 aliphatic rings. The van der Waals surface area contributed by atoms with Crippen molar-refractivity contribution in [1.82, 2.24) is 0 Å². The van der Waals surface area contributed by atoms with Crippen molar-refractivity contribution >= 4 is 5.97 Å². The minimum atomic E-state index is -0.688. The highest BCUT2D eigenvalue weighted by atomic mass is 16.7. The third-order valence-corrected chi connectivity index (χ3v) is 1.72. The van der Waals surface area contributed by atoms with Crippen molar-refractivity contribution in [3.05, 3.63) is 35.9 Å². The third-order valence-electron chi connectivity index (χ3n) is 1.72. The monoisotopic (exact) mass is 181 g/mol. The van der Waals surface area contributed by atoms with Crippen LogP contribution in [0.15, 0.2) is 30.3 Å². The Bertz CT molecular complexity index is 279. The van der Waals surface area contributed by atoms with Crippen LogP contribution in [0.1, 0.15) is 6.99 Å². The fourth-order valence-electron chi connectivity index (χ4n) is 1.04. The molecule has 1 rings (SSSR count). The molecule has 0 fully saturated rings. The summed E-state index contributed by atoms with van der Waals surface area (Å²) in [5.41, 5.74) is 6.49. The van der Waals surface area contributed by atoms with Crippen molar-refractivity contribution in [2.75, 3.05) is 0 Å². The molecule has 13 heavy (non-hydrogen) atoms. The Kier molecular flexibility index (Phi) is 3.42. The van der Waals surface area contributed by atoms with Crippen LogP contribution >= 0.6 is 0 Å². The molecule has 0 saturated carbocycles. The van der Waals surface area contributed by atoms with Crippen LogP contribution in [0.3, 0.4) is 0 Å². The number of benzene rings is 1. The molecular weight excluding hydrogens is 168 g/mol. The van der Waals surface area contributed by atoms with Gasteiger partial charge in [0.15, 0.2) is 0 Å². The summed E-state index contributed by atoms with van der Waals surface area (Å²) in [5.74, 6) is 4.10. The fraction of sp³-hybridized carbons (Fsp3) is 0.222. The molecule has 4 heteroatoms. The highest BCUT2D eigenvalue weighted by Gasteiger charge is 2.14. The van der Waals surface area contributed by atoms with E-state index in [-0.39, 0.29) is 1.43 Å². The van der Waals surface area contributed by atoms with Crippen LogP contribution in [-0.2, 0) is 16.1 Å². The second kappa shape index (κ2) is 4.59. The van der Waals surface area contributed by atoms with E-state index in [0.29, 0.717) is 6.42 Å². The summed E-state index contributed by atoms with van der Waals surface area (Å²) in [6.07, 6.45) is 0.441. The quantitative estimate of drug-likeness (QED) is 0.647. The Morgan fingerprint density at radius 3 is 2.62 bits per heavy atom. The van der Waals surface area contributed by atoms with Gasteiger partial charge in [-0.1, -0.05) is 30.3 Å². The lowest BCUT2D eigenvalue weighted by atomic mass is 10.1.